The maximum atomic E-state index is 15.2. The SMILES string of the molecule is Cc1c(N)nc([C@H](CC(N)=O)NC[C@@H](N)C(N)=O)nc1C(=O)N[C@H](C(=O)N[C@@H](C)[C@H](O)[C@@H](C)C(=O)N[C@@H](C(=O)NCCc1nc(-c2nc(C(=O)NCCC[S+](C)C)cs2)cs1)[C@@H](C)O)[C@@H](O[C@H]1O[C@H](CO)[C@H](O)[C@@H](O)[C@H]1O[C@H]1O[C@H](CO)[C@@H](O)[C@H](OC(N)=O)[C@@H]1O)c1cnc[nH]1.O=S(=O)([O-])O. The van der Waals surface area contributed by atoms with E-state index in [2.05, 4.69) is 74.3 Å². The molecule has 0 bridgehead atoms. The number of hydrogen-bond acceptors (Lipinski definition) is 34. The minimum Gasteiger partial charge on any atom is -0.726 e. The molecule has 2 aliphatic rings. The third-order valence-electron chi connectivity index (χ3n) is 15.3. The Balaban J connectivity index is 0.00000354. The topological polar surface area (TPSA) is 705 Å². The van der Waals surface area contributed by atoms with E-state index in [1.165, 1.54) is 50.4 Å². The fourth-order valence-electron chi connectivity index (χ4n) is 9.80. The smallest absolute Gasteiger partial charge is 0.404 e. The Hall–Kier alpha value is -7.43. The van der Waals surface area contributed by atoms with Crippen molar-refractivity contribution in [3.05, 3.63) is 56.8 Å². The van der Waals surface area contributed by atoms with Gasteiger partial charge in [0.1, 0.15) is 100 Å². The van der Waals surface area contributed by atoms with E-state index in [4.69, 9.17) is 69.9 Å². The molecule has 2 aliphatic heterocycles. The molecule has 101 heavy (non-hydrogen) atoms. The molecule has 8 amide bonds. The number of rotatable bonds is 35. The van der Waals surface area contributed by atoms with Crippen molar-refractivity contribution in [3.8, 4) is 10.7 Å². The number of hydrogen-bond donors (Lipinski definition) is 21. The summed E-state index contributed by atoms with van der Waals surface area (Å²) in [6, 6.07) is -7.85. The number of imidazole rings is 1. The molecule has 2 saturated heterocycles. The molecule has 4 aromatic rings. The Morgan fingerprint density at radius 2 is 1.46 bits per heavy atom. The maximum absolute atomic E-state index is 15.2. The number of aliphatic hydroxyl groups excluding tert-OH is 8. The zero-order valence-electron chi connectivity index (χ0n) is 55.0. The fourth-order valence-corrected chi connectivity index (χ4v) is 12.1. The summed E-state index contributed by atoms with van der Waals surface area (Å²) in [5, 5.41) is 108. The van der Waals surface area contributed by atoms with Gasteiger partial charge in [-0.2, -0.15) is 0 Å². The molecule has 46 heteroatoms. The highest BCUT2D eigenvalue weighted by Gasteiger charge is 2.54. The zero-order chi connectivity index (χ0) is 75.5. The molecule has 0 unspecified atom stereocenters. The van der Waals surface area contributed by atoms with Crippen molar-refractivity contribution in [2.24, 2.45) is 28.9 Å². The average Bonchev–Trinajstić information content (AvgIpc) is 1.16. The second-order valence-corrected chi connectivity index (χ2v) is 28.3. The number of nitrogens with two attached hydrogens (primary N) is 5. The maximum Gasteiger partial charge on any atom is 0.404 e. The van der Waals surface area contributed by atoms with Crippen LogP contribution in [0.4, 0.5) is 10.6 Å². The van der Waals surface area contributed by atoms with Crippen LogP contribution in [0.15, 0.2) is 23.3 Å². The Kier molecular flexibility index (Phi) is 32.3. The van der Waals surface area contributed by atoms with Crippen LogP contribution in [0.5, 0.6) is 0 Å². The molecule has 0 aliphatic carbocycles. The van der Waals surface area contributed by atoms with Crippen LogP contribution in [-0.4, -0.2) is 285 Å². The summed E-state index contributed by atoms with van der Waals surface area (Å²) in [6.45, 7) is 3.18. The summed E-state index contributed by atoms with van der Waals surface area (Å²) in [4.78, 5) is 131. The molecular formula is C55H85N17O25S4. The summed E-state index contributed by atoms with van der Waals surface area (Å²) in [6.07, 6.45) is -20.0. The lowest BCUT2D eigenvalue weighted by atomic mass is 9.96. The number of H-pyrrole nitrogens is 1. The van der Waals surface area contributed by atoms with Crippen molar-refractivity contribution in [2.75, 3.05) is 56.8 Å². The summed E-state index contributed by atoms with van der Waals surface area (Å²) in [5.74, 6) is -7.69. The van der Waals surface area contributed by atoms with Crippen molar-refractivity contribution >= 4 is 97.2 Å². The third-order valence-corrected chi connectivity index (χ3v) is 18.2. The highest BCUT2D eigenvalue weighted by molar-refractivity contribution is 7.95. The molecule has 4 aromatic heterocycles. The number of thiazole rings is 2. The summed E-state index contributed by atoms with van der Waals surface area (Å²) in [7, 11) is -4.66. The van der Waals surface area contributed by atoms with Crippen molar-refractivity contribution in [1.82, 2.24) is 61.8 Å². The lowest BCUT2D eigenvalue weighted by molar-refractivity contribution is -0.372. The second-order valence-electron chi connectivity index (χ2n) is 23.2. The van der Waals surface area contributed by atoms with Crippen molar-refractivity contribution in [3.63, 3.8) is 0 Å². The van der Waals surface area contributed by atoms with Gasteiger partial charge in [-0.25, -0.2) is 38.1 Å². The predicted octanol–water partition coefficient (Wildman–Crippen LogP) is -8.70. The van der Waals surface area contributed by atoms with Crippen molar-refractivity contribution < 1.29 is 120 Å². The predicted molar refractivity (Wildman–Crippen MR) is 351 cm³/mol. The quantitative estimate of drug-likeness (QED) is 0.00880. The third kappa shape index (κ3) is 24.6. The molecule has 0 aromatic carbocycles. The first-order valence-electron chi connectivity index (χ1n) is 30.5. The number of ether oxygens (including phenoxy) is 5. The Bertz CT molecular complexity index is 3540. The molecule has 0 radical (unpaired) electrons. The van der Waals surface area contributed by atoms with Gasteiger partial charge in [0.05, 0.1) is 85.2 Å². The van der Waals surface area contributed by atoms with Crippen LogP contribution in [0.3, 0.4) is 0 Å². The number of carbonyl (C=O) groups is 8. The van der Waals surface area contributed by atoms with Gasteiger partial charge in [0.15, 0.2) is 18.7 Å². The van der Waals surface area contributed by atoms with E-state index < -0.39 is 193 Å². The first-order chi connectivity index (χ1) is 47.3. The number of aromatic amines is 1. The molecule has 0 saturated carbocycles. The van der Waals surface area contributed by atoms with Gasteiger partial charge in [-0.1, -0.05) is 6.92 Å². The molecular weight excluding hydrogens is 1430 g/mol. The lowest BCUT2D eigenvalue weighted by Gasteiger charge is -2.47. The van der Waals surface area contributed by atoms with Gasteiger partial charge in [-0.15, -0.1) is 22.7 Å². The van der Waals surface area contributed by atoms with Gasteiger partial charge in [0.25, 0.3) is 11.8 Å². The first kappa shape index (κ1) is 84.2. The Labute approximate surface area is 586 Å². The Morgan fingerprint density at radius 3 is 2.05 bits per heavy atom. The summed E-state index contributed by atoms with van der Waals surface area (Å²) >= 11 is 2.52. The van der Waals surface area contributed by atoms with Crippen LogP contribution < -0.4 is 60.6 Å². The number of primary amides is 3. The molecule has 564 valence electrons. The number of anilines is 1. The summed E-state index contributed by atoms with van der Waals surface area (Å²) < 4.78 is 61.6. The van der Waals surface area contributed by atoms with Gasteiger partial charge in [-0.05, 0) is 31.7 Å². The highest BCUT2D eigenvalue weighted by atomic mass is 32.3. The number of amides is 8. The van der Waals surface area contributed by atoms with Gasteiger partial charge in [-0.3, -0.25) is 38.1 Å². The number of nitrogens with one attached hydrogen (secondary N) is 7. The number of nitrogens with zero attached hydrogens (tertiary/aromatic N) is 5. The van der Waals surface area contributed by atoms with Crippen LogP contribution in [0.25, 0.3) is 10.7 Å². The van der Waals surface area contributed by atoms with E-state index in [1.54, 1.807) is 10.8 Å². The molecule has 42 nitrogen and oxygen atoms in total. The van der Waals surface area contributed by atoms with E-state index in [-0.39, 0.29) is 64.9 Å². The standard InChI is InChI=1S/C55H83N17O21S3.H2O4S/c1-20-33(69-46(72-44(20)58)25(12-31(57)76)64-13-24(56)45(59)82)50(86)71-35(41(26-14-61-19-65-26)91-54-43(39(80)37(78)29(15-73)90-54)92-53-40(81)42(93-55(60)88)38(79)30(16-74)89-53)51(87)66-22(3)36(77)21(2)47(83)70-34(23(4)75)49(85)63-10-8-32-67-28(18-94-32)52-68-27(17-95-52)48(84)62-9-7-11-96(5)6;1-5(2,3)4/h14,17-19,21-25,29-30,34-43,53-54,64,73-75,77-81H,7-13,15-16,56H2,1-6H3,(H13-,57,58,59,60,61,62,63,65,66,69,70,71,72,76,82,83,84,85,86,87,88);(H2,1,2,3,4)/t21-,22+,23-,24-,25+,29-,30-,34-,35+,36-,37+,38-,39-,40+,41+,42+,43-,53-,54-;/m1./s1. The fraction of sp³-hybridized carbons (Fsp3) is 0.618. The van der Waals surface area contributed by atoms with Crippen LogP contribution >= 0.6 is 22.7 Å². The van der Waals surface area contributed by atoms with E-state index >= 15 is 4.79 Å². The first-order valence-corrected chi connectivity index (χ1v) is 35.9. The monoisotopic (exact) mass is 1510 g/mol. The zero-order valence-corrected chi connectivity index (χ0v) is 58.2. The normalized spacial score (nSPS) is 23.4. The van der Waals surface area contributed by atoms with E-state index in [1.807, 2.05) is 0 Å². The average molecular weight is 1510 g/mol. The highest BCUT2D eigenvalue weighted by Crippen LogP contribution is 2.35. The van der Waals surface area contributed by atoms with Crippen LogP contribution in [-0.2, 0) is 75.4 Å². The van der Waals surface area contributed by atoms with Gasteiger partial charge in [0.2, 0.25) is 39.9 Å². The second kappa shape index (κ2) is 38.7. The van der Waals surface area contributed by atoms with E-state index in [0.717, 1.165) is 24.7 Å². The minimum atomic E-state index is -4.92. The summed E-state index contributed by atoms with van der Waals surface area (Å²) in [5.41, 5.74) is 28.1. The van der Waals surface area contributed by atoms with E-state index in [9.17, 15) is 74.4 Å². The molecule has 19 atom stereocenters. The largest absolute Gasteiger partial charge is 0.726 e. The van der Waals surface area contributed by atoms with E-state index in [0.29, 0.717) is 22.3 Å². The molecule has 6 heterocycles. The van der Waals surface area contributed by atoms with Crippen molar-refractivity contribution in [1.29, 1.82) is 0 Å². The van der Waals surface area contributed by atoms with Gasteiger partial charge < -0.3 is 135 Å². The Morgan fingerprint density at radius 1 is 0.802 bits per heavy atom. The lowest BCUT2D eigenvalue weighted by Crippen LogP contribution is -2.65. The van der Waals surface area contributed by atoms with Crippen LogP contribution in [0, 0.1) is 12.8 Å². The molecule has 2 fully saturated rings. The number of carbonyl (C=O) groups excluding carboxylic acids is 8. The van der Waals surface area contributed by atoms with Gasteiger partial charge >= 0.3 is 6.09 Å². The molecule has 6 rings (SSSR count). The molecule has 26 N–H and O–H groups in total. The van der Waals surface area contributed by atoms with Crippen LogP contribution in [0.1, 0.15) is 88.8 Å². The minimum absolute atomic E-state index is 0.00498. The number of aliphatic hydroxyl groups is 8. The van der Waals surface area contributed by atoms with Gasteiger partial charge in [0, 0.05) is 55.2 Å². The molecule has 0 spiro atoms. The number of nitrogen functional groups attached to an aromatic ring is 1. The van der Waals surface area contributed by atoms with Crippen molar-refractivity contribution in [2.45, 2.75) is 157 Å². The van der Waals surface area contributed by atoms with Crippen LogP contribution in [0.2, 0.25) is 0 Å². The number of aromatic nitrogens is 6.